The summed E-state index contributed by atoms with van der Waals surface area (Å²) in [4.78, 5) is 4.74. The highest BCUT2D eigenvalue weighted by Crippen LogP contribution is 2.27. The van der Waals surface area contributed by atoms with Crippen molar-refractivity contribution in [2.24, 2.45) is 5.92 Å². The van der Waals surface area contributed by atoms with Gasteiger partial charge in [0.25, 0.3) is 0 Å². The molecule has 1 saturated heterocycles. The normalized spacial score (nSPS) is 23.3. The average Bonchev–Trinajstić information content (AvgIpc) is 2.94. The fraction of sp³-hybridized carbons (Fsp3) is 0.800. The van der Waals surface area contributed by atoms with Crippen molar-refractivity contribution in [1.82, 2.24) is 10.3 Å². The summed E-state index contributed by atoms with van der Waals surface area (Å²) in [5.41, 5.74) is 1.19. The van der Waals surface area contributed by atoms with Crippen LogP contribution in [-0.2, 0) is 21.7 Å². The zero-order chi connectivity index (χ0) is 15.7. The van der Waals surface area contributed by atoms with E-state index in [-0.39, 0.29) is 17.4 Å². The number of aromatic nitrogens is 1. The van der Waals surface area contributed by atoms with Crippen LogP contribution in [0.25, 0.3) is 0 Å². The third kappa shape index (κ3) is 4.50. The monoisotopic (exact) mass is 330 g/mol. The largest absolute Gasteiger partial charge is 0.314 e. The number of likely N-dealkylation sites (N-methyl/N-ethyl adjacent to an activating group) is 1. The van der Waals surface area contributed by atoms with E-state index < -0.39 is 9.84 Å². The number of thiazole rings is 1. The van der Waals surface area contributed by atoms with Gasteiger partial charge in [-0.15, -0.1) is 11.3 Å². The zero-order valence-electron chi connectivity index (χ0n) is 13.3. The molecule has 2 rings (SSSR count). The third-order valence-corrected chi connectivity index (χ3v) is 6.68. The third-order valence-electron chi connectivity index (χ3n) is 4.02. The summed E-state index contributed by atoms with van der Waals surface area (Å²) in [7, 11) is -2.83. The lowest BCUT2D eigenvalue weighted by atomic mass is 9.93. The summed E-state index contributed by atoms with van der Waals surface area (Å²) in [6.45, 7) is 9.42. The molecular weight excluding hydrogens is 304 g/mol. The summed E-state index contributed by atoms with van der Waals surface area (Å²) in [6, 6.07) is 0.214. The van der Waals surface area contributed by atoms with E-state index in [1.165, 1.54) is 0 Å². The molecular formula is C15H26N2O2S2. The molecule has 0 aromatic carbocycles. The Bertz CT molecular complexity index is 573. The maximum absolute atomic E-state index is 11.7. The van der Waals surface area contributed by atoms with Crippen LogP contribution < -0.4 is 5.32 Å². The van der Waals surface area contributed by atoms with Gasteiger partial charge in [0, 0.05) is 23.3 Å². The molecule has 21 heavy (non-hydrogen) atoms. The lowest BCUT2D eigenvalue weighted by Gasteiger charge is -2.22. The van der Waals surface area contributed by atoms with E-state index in [4.69, 9.17) is 4.98 Å². The molecule has 0 saturated carbocycles. The predicted molar refractivity (Wildman–Crippen MR) is 88.7 cm³/mol. The number of nitrogens with zero attached hydrogens (tertiary/aromatic N) is 1. The Hall–Kier alpha value is -0.460. The molecule has 6 heteroatoms. The van der Waals surface area contributed by atoms with Crippen LogP contribution >= 0.6 is 11.3 Å². The van der Waals surface area contributed by atoms with Gasteiger partial charge >= 0.3 is 0 Å². The number of hydrogen-bond donors (Lipinski definition) is 1. The van der Waals surface area contributed by atoms with Crippen LogP contribution in [0.15, 0.2) is 5.38 Å². The van der Waals surface area contributed by atoms with E-state index in [9.17, 15) is 8.42 Å². The minimum absolute atomic E-state index is 0.0686. The van der Waals surface area contributed by atoms with E-state index >= 15 is 0 Å². The summed E-state index contributed by atoms with van der Waals surface area (Å²) < 4.78 is 23.4. The van der Waals surface area contributed by atoms with Crippen molar-refractivity contribution >= 4 is 21.2 Å². The SMILES string of the molecule is CCNC(Cc1nc(C(C)(C)C)cs1)C1CCS(=O)(=O)C1. The van der Waals surface area contributed by atoms with Crippen LogP contribution in [-0.4, -0.2) is 37.5 Å². The van der Waals surface area contributed by atoms with Crippen molar-refractivity contribution in [3.05, 3.63) is 16.1 Å². The number of hydrogen-bond acceptors (Lipinski definition) is 5. The Kier molecular flexibility index (Phi) is 5.11. The van der Waals surface area contributed by atoms with E-state index in [1.54, 1.807) is 11.3 Å². The van der Waals surface area contributed by atoms with Crippen molar-refractivity contribution in [1.29, 1.82) is 0 Å². The van der Waals surface area contributed by atoms with Crippen LogP contribution in [0, 0.1) is 5.92 Å². The molecule has 2 unspecified atom stereocenters. The molecule has 1 aliphatic rings. The van der Waals surface area contributed by atoms with Gasteiger partial charge in [-0.05, 0) is 18.9 Å². The van der Waals surface area contributed by atoms with Gasteiger partial charge in [-0.25, -0.2) is 13.4 Å². The van der Waals surface area contributed by atoms with Gasteiger partial charge in [0.05, 0.1) is 22.2 Å². The number of rotatable bonds is 5. The first-order chi connectivity index (χ1) is 9.71. The topological polar surface area (TPSA) is 59.1 Å². The molecule has 0 amide bonds. The second-order valence-electron chi connectivity index (χ2n) is 6.91. The van der Waals surface area contributed by atoms with Crippen LogP contribution in [0.4, 0.5) is 0 Å². The maximum Gasteiger partial charge on any atom is 0.150 e. The van der Waals surface area contributed by atoms with Crippen molar-refractivity contribution in [3.63, 3.8) is 0 Å². The second kappa shape index (κ2) is 6.34. The Balaban J connectivity index is 2.08. The molecule has 2 heterocycles. The quantitative estimate of drug-likeness (QED) is 0.900. The van der Waals surface area contributed by atoms with Gasteiger partial charge in [0.1, 0.15) is 0 Å². The smallest absolute Gasteiger partial charge is 0.150 e. The lowest BCUT2D eigenvalue weighted by Crippen LogP contribution is -2.38. The molecule has 0 spiro atoms. The van der Waals surface area contributed by atoms with Crippen LogP contribution in [0.1, 0.15) is 44.8 Å². The molecule has 1 aromatic rings. The van der Waals surface area contributed by atoms with Gasteiger partial charge in [0.2, 0.25) is 0 Å². The number of nitrogens with one attached hydrogen (secondary N) is 1. The fourth-order valence-corrected chi connectivity index (χ4v) is 5.71. The molecule has 2 atom stereocenters. The van der Waals surface area contributed by atoms with Crippen molar-refractivity contribution in [2.75, 3.05) is 18.1 Å². The Labute approximate surface area is 132 Å². The van der Waals surface area contributed by atoms with Gasteiger partial charge in [-0.3, -0.25) is 0 Å². The summed E-state index contributed by atoms with van der Waals surface area (Å²) in [6.07, 6.45) is 1.60. The van der Waals surface area contributed by atoms with Crippen LogP contribution in [0.3, 0.4) is 0 Å². The van der Waals surface area contributed by atoms with Crippen LogP contribution in [0.5, 0.6) is 0 Å². The molecule has 0 radical (unpaired) electrons. The van der Waals surface area contributed by atoms with E-state index in [2.05, 4.69) is 38.4 Å². The predicted octanol–water partition coefficient (Wildman–Crippen LogP) is 2.40. The molecule has 4 nitrogen and oxygen atoms in total. The summed E-state index contributed by atoms with van der Waals surface area (Å²) in [5.74, 6) is 0.879. The molecule has 1 N–H and O–H groups in total. The van der Waals surface area contributed by atoms with Gasteiger partial charge in [0.15, 0.2) is 9.84 Å². The Morgan fingerprint density at radius 1 is 1.48 bits per heavy atom. The minimum Gasteiger partial charge on any atom is -0.314 e. The Morgan fingerprint density at radius 3 is 2.67 bits per heavy atom. The maximum atomic E-state index is 11.7. The van der Waals surface area contributed by atoms with Gasteiger partial charge < -0.3 is 5.32 Å². The number of sulfone groups is 1. The molecule has 0 bridgehead atoms. The minimum atomic E-state index is -2.83. The first-order valence-electron chi connectivity index (χ1n) is 7.60. The van der Waals surface area contributed by atoms with Crippen molar-refractivity contribution in [2.45, 2.75) is 52.0 Å². The second-order valence-corrected chi connectivity index (χ2v) is 10.1. The molecule has 120 valence electrons. The Morgan fingerprint density at radius 2 is 2.19 bits per heavy atom. The molecule has 1 fully saturated rings. The van der Waals surface area contributed by atoms with Crippen LogP contribution in [0.2, 0.25) is 0 Å². The summed E-state index contributed by atoms with van der Waals surface area (Å²) in [5, 5.41) is 6.70. The highest BCUT2D eigenvalue weighted by Gasteiger charge is 2.34. The summed E-state index contributed by atoms with van der Waals surface area (Å²) >= 11 is 1.69. The lowest BCUT2D eigenvalue weighted by molar-refractivity contribution is 0.385. The highest BCUT2D eigenvalue weighted by atomic mass is 32.2. The van der Waals surface area contributed by atoms with Crippen molar-refractivity contribution < 1.29 is 8.42 Å². The van der Waals surface area contributed by atoms with Gasteiger partial charge in [-0.2, -0.15) is 0 Å². The average molecular weight is 331 g/mol. The van der Waals surface area contributed by atoms with Crippen molar-refractivity contribution in [3.8, 4) is 0 Å². The standard InChI is InChI=1S/C15H26N2O2S2/c1-5-16-12(11-6-7-21(18,19)10-11)8-14-17-13(9-20-14)15(2,3)4/h9,11-12,16H,5-8,10H2,1-4H3. The first kappa shape index (κ1) is 16.9. The zero-order valence-corrected chi connectivity index (χ0v) is 15.0. The fourth-order valence-electron chi connectivity index (χ4n) is 2.75. The highest BCUT2D eigenvalue weighted by molar-refractivity contribution is 7.91. The molecule has 1 aliphatic heterocycles. The van der Waals surface area contributed by atoms with E-state index in [0.29, 0.717) is 11.5 Å². The van der Waals surface area contributed by atoms with E-state index in [1.807, 2.05) is 0 Å². The molecule has 0 aliphatic carbocycles. The van der Waals surface area contributed by atoms with Gasteiger partial charge in [-0.1, -0.05) is 27.7 Å². The van der Waals surface area contributed by atoms with E-state index in [0.717, 1.165) is 30.1 Å². The molecule has 1 aromatic heterocycles. The first-order valence-corrected chi connectivity index (χ1v) is 10.3.